The molecule has 4 heteroatoms. The van der Waals surface area contributed by atoms with Crippen LogP contribution in [0.1, 0.15) is 0 Å². The van der Waals surface area contributed by atoms with Gasteiger partial charge in [-0.2, -0.15) is 0 Å². The second kappa shape index (κ2) is 3.66. The van der Waals surface area contributed by atoms with Crippen molar-refractivity contribution in [3.05, 3.63) is 42.5 Å². The van der Waals surface area contributed by atoms with E-state index in [-0.39, 0.29) is 0 Å². The quantitative estimate of drug-likeness (QED) is 0.668. The van der Waals surface area contributed by atoms with E-state index in [4.69, 9.17) is 0 Å². The number of hydrogen-bond donors (Lipinski definition) is 1. The smallest absolute Gasteiger partial charge is 0.187 e. The van der Waals surface area contributed by atoms with Gasteiger partial charge in [0.2, 0.25) is 0 Å². The van der Waals surface area contributed by atoms with Crippen molar-refractivity contribution >= 4 is 42.6 Å². The number of hydrogen-bond acceptors (Lipinski definition) is 2. The van der Waals surface area contributed by atoms with Gasteiger partial charge in [0.25, 0.3) is 0 Å². The molecule has 0 aliphatic rings. The zero-order valence-corrected chi connectivity index (χ0v) is 9.85. The second-order valence-electron chi connectivity index (χ2n) is 3.48. The summed E-state index contributed by atoms with van der Waals surface area (Å²) in [7, 11) is 0. The Hall–Kier alpha value is -1.23. The molecule has 3 rings (SSSR count). The average Bonchev–Trinajstić information content (AvgIpc) is 2.67. The number of benzene rings is 2. The van der Waals surface area contributed by atoms with Crippen LogP contribution in [0.2, 0.25) is 0 Å². The van der Waals surface area contributed by atoms with Crippen LogP contribution in [0.15, 0.2) is 47.4 Å². The average molecular weight is 248 g/mol. The minimum atomic E-state index is -1.92. The van der Waals surface area contributed by atoms with Gasteiger partial charge < -0.3 is 4.55 Å². The molecule has 1 atom stereocenters. The van der Waals surface area contributed by atoms with E-state index in [2.05, 4.69) is 0 Å². The molecule has 0 fully saturated rings. The Morgan fingerprint density at radius 3 is 2.56 bits per heavy atom. The molecular weight excluding hydrogens is 240 g/mol. The van der Waals surface area contributed by atoms with E-state index in [0.29, 0.717) is 4.90 Å². The summed E-state index contributed by atoms with van der Waals surface area (Å²) >= 11 is -0.356. The largest absolute Gasteiger partial charge is 0.302 e. The van der Waals surface area contributed by atoms with Crippen LogP contribution in [0.3, 0.4) is 0 Å². The van der Waals surface area contributed by atoms with E-state index in [9.17, 15) is 8.76 Å². The lowest BCUT2D eigenvalue weighted by atomic mass is 10.1. The van der Waals surface area contributed by atoms with Gasteiger partial charge in [0.05, 0.1) is 9.60 Å². The third-order valence-corrected chi connectivity index (χ3v) is 4.62. The van der Waals surface area contributed by atoms with Gasteiger partial charge in [0.1, 0.15) is 0 Å². The van der Waals surface area contributed by atoms with Gasteiger partial charge in [-0.25, -0.2) is 4.21 Å². The van der Waals surface area contributed by atoms with Crippen LogP contribution in [0.5, 0.6) is 0 Å². The molecule has 1 unspecified atom stereocenters. The van der Waals surface area contributed by atoms with Gasteiger partial charge >= 0.3 is 0 Å². The second-order valence-corrected chi connectivity index (χ2v) is 5.47. The molecule has 0 bridgehead atoms. The highest BCUT2D eigenvalue weighted by Gasteiger charge is 2.10. The molecule has 2 aromatic carbocycles. The van der Waals surface area contributed by atoms with Gasteiger partial charge in [0, 0.05) is 15.5 Å². The first-order valence-electron chi connectivity index (χ1n) is 4.78. The lowest BCUT2D eigenvalue weighted by molar-refractivity contribution is 0.565. The maximum absolute atomic E-state index is 11.2. The number of fused-ring (bicyclic) bond motifs is 3. The summed E-state index contributed by atoms with van der Waals surface area (Å²) in [6.07, 6.45) is 0. The summed E-state index contributed by atoms with van der Waals surface area (Å²) in [5.41, 5.74) is 0. The molecule has 0 radical (unpaired) electrons. The Morgan fingerprint density at radius 2 is 1.75 bits per heavy atom. The van der Waals surface area contributed by atoms with Gasteiger partial charge in [0.15, 0.2) is 11.1 Å². The van der Waals surface area contributed by atoms with Crippen molar-refractivity contribution in [3.8, 4) is 0 Å². The van der Waals surface area contributed by atoms with E-state index in [0.717, 1.165) is 20.2 Å². The topological polar surface area (TPSA) is 37.3 Å². The molecule has 0 saturated heterocycles. The summed E-state index contributed by atoms with van der Waals surface area (Å²) in [6.45, 7) is 0. The Balaban J connectivity index is 2.54. The van der Waals surface area contributed by atoms with Crippen LogP contribution in [-0.2, 0) is 11.1 Å². The minimum absolute atomic E-state index is 0.499. The lowest BCUT2D eigenvalue weighted by Gasteiger charge is -1.96. The third kappa shape index (κ3) is 1.38. The van der Waals surface area contributed by atoms with Crippen LogP contribution in [0.4, 0.5) is 0 Å². The van der Waals surface area contributed by atoms with Crippen molar-refractivity contribution in [2.75, 3.05) is 0 Å². The molecule has 2 nitrogen and oxygen atoms in total. The van der Waals surface area contributed by atoms with Gasteiger partial charge in [-0.15, -0.1) is 11.3 Å². The van der Waals surface area contributed by atoms with Crippen molar-refractivity contribution in [3.63, 3.8) is 0 Å². The first-order chi connectivity index (χ1) is 7.77. The van der Waals surface area contributed by atoms with Crippen LogP contribution >= 0.6 is 11.3 Å². The highest BCUT2D eigenvalue weighted by atomic mass is 32.2. The number of thiophene rings is 1. The van der Waals surface area contributed by atoms with E-state index in [1.165, 1.54) is 0 Å². The predicted octanol–water partition coefficient (Wildman–Crippen LogP) is 3.64. The first kappa shape index (κ1) is 9.96. The molecule has 1 aromatic heterocycles. The van der Waals surface area contributed by atoms with Gasteiger partial charge in [-0.3, -0.25) is 0 Å². The molecule has 16 heavy (non-hydrogen) atoms. The molecule has 1 heterocycles. The SMILES string of the molecule is O=S(O)c1cccc2c1sc1ccccc12. The fourth-order valence-electron chi connectivity index (χ4n) is 1.86. The van der Waals surface area contributed by atoms with Crippen molar-refractivity contribution in [1.82, 2.24) is 0 Å². The first-order valence-corrected chi connectivity index (χ1v) is 6.71. The Bertz CT molecular complexity index is 700. The normalized spacial score (nSPS) is 13.3. The predicted molar refractivity (Wildman–Crippen MR) is 68.4 cm³/mol. The molecule has 0 aliphatic heterocycles. The van der Waals surface area contributed by atoms with Crippen LogP contribution < -0.4 is 0 Å². The molecule has 0 spiro atoms. The molecule has 1 N–H and O–H groups in total. The van der Waals surface area contributed by atoms with Crippen LogP contribution in [0.25, 0.3) is 20.2 Å². The molecule has 0 aliphatic carbocycles. The van der Waals surface area contributed by atoms with Gasteiger partial charge in [-0.05, 0) is 12.1 Å². The zero-order chi connectivity index (χ0) is 11.1. The van der Waals surface area contributed by atoms with Crippen molar-refractivity contribution in [2.45, 2.75) is 4.90 Å². The summed E-state index contributed by atoms with van der Waals surface area (Å²) in [6, 6.07) is 13.6. The summed E-state index contributed by atoms with van der Waals surface area (Å²) < 4.78 is 22.5. The molecule has 0 amide bonds. The van der Waals surface area contributed by atoms with E-state index in [1.807, 2.05) is 36.4 Å². The fourth-order valence-corrected chi connectivity index (χ4v) is 3.77. The Labute approximate surface area is 98.8 Å². The van der Waals surface area contributed by atoms with E-state index < -0.39 is 11.1 Å². The summed E-state index contributed by atoms with van der Waals surface area (Å²) in [5, 5.41) is 2.20. The minimum Gasteiger partial charge on any atom is -0.302 e. The fraction of sp³-hybridized carbons (Fsp3) is 0. The van der Waals surface area contributed by atoms with E-state index in [1.54, 1.807) is 17.4 Å². The van der Waals surface area contributed by atoms with Crippen molar-refractivity contribution in [1.29, 1.82) is 0 Å². The maximum atomic E-state index is 11.2. The van der Waals surface area contributed by atoms with E-state index >= 15 is 0 Å². The molecular formula is C12H8O2S2. The van der Waals surface area contributed by atoms with Crippen molar-refractivity contribution < 1.29 is 8.76 Å². The molecule has 0 saturated carbocycles. The monoisotopic (exact) mass is 248 g/mol. The maximum Gasteiger partial charge on any atom is 0.187 e. The summed E-state index contributed by atoms with van der Waals surface area (Å²) in [4.78, 5) is 0.499. The Kier molecular flexibility index (Phi) is 2.28. The standard InChI is InChI=1S/C12H8O2S2/c13-16(14)11-7-3-5-9-8-4-1-2-6-10(8)15-12(9)11/h1-7H,(H,13,14). The zero-order valence-electron chi connectivity index (χ0n) is 8.21. The molecule has 3 aromatic rings. The van der Waals surface area contributed by atoms with Crippen molar-refractivity contribution in [2.24, 2.45) is 0 Å². The Morgan fingerprint density at radius 1 is 1.00 bits per heavy atom. The highest BCUT2D eigenvalue weighted by Crippen LogP contribution is 2.36. The van der Waals surface area contributed by atoms with Gasteiger partial charge in [-0.1, -0.05) is 30.3 Å². The highest BCUT2D eigenvalue weighted by molar-refractivity contribution is 7.79. The number of rotatable bonds is 1. The van der Waals surface area contributed by atoms with Crippen LogP contribution in [-0.4, -0.2) is 8.76 Å². The third-order valence-electron chi connectivity index (χ3n) is 2.56. The van der Waals surface area contributed by atoms with Crippen LogP contribution in [0, 0.1) is 0 Å². The lowest BCUT2D eigenvalue weighted by Crippen LogP contribution is -1.86. The molecule has 80 valence electrons. The summed E-state index contributed by atoms with van der Waals surface area (Å²) in [5.74, 6) is 0.